The van der Waals surface area contributed by atoms with Crippen LogP contribution in [0.1, 0.15) is 11.1 Å². The predicted octanol–water partition coefficient (Wildman–Crippen LogP) is 3.16. The van der Waals surface area contributed by atoms with E-state index in [0.717, 1.165) is 11.1 Å². The zero-order valence-corrected chi connectivity index (χ0v) is 13.6. The number of carbonyl (C=O) groups is 1. The fraction of sp³-hybridized carbons (Fsp3) is 0.0476. The molecule has 25 heavy (non-hydrogen) atoms. The van der Waals surface area contributed by atoms with Crippen molar-refractivity contribution < 1.29 is 4.79 Å². The van der Waals surface area contributed by atoms with E-state index in [1.54, 1.807) is 24.4 Å². The first-order chi connectivity index (χ1) is 12.2. The van der Waals surface area contributed by atoms with E-state index < -0.39 is 0 Å². The molecule has 3 rings (SSSR count). The maximum Gasteiger partial charge on any atom is 0.268 e. The molecule has 1 aromatic heterocycles. The highest BCUT2D eigenvalue weighted by molar-refractivity contribution is 6.18. The van der Waals surface area contributed by atoms with Crippen molar-refractivity contribution in [3.05, 3.63) is 107 Å². The lowest BCUT2D eigenvalue weighted by molar-refractivity contribution is -0.116. The molecular weight excluding hydrogens is 312 g/mol. The Balaban J connectivity index is 1.91. The van der Waals surface area contributed by atoms with Crippen LogP contribution >= 0.6 is 0 Å². The van der Waals surface area contributed by atoms with Crippen LogP contribution in [0.2, 0.25) is 0 Å². The Labute approximate surface area is 146 Å². The van der Waals surface area contributed by atoms with E-state index >= 15 is 0 Å². The van der Waals surface area contributed by atoms with Crippen molar-refractivity contribution in [2.75, 3.05) is 0 Å². The zero-order chi connectivity index (χ0) is 17.5. The second-order valence-electron chi connectivity index (χ2n) is 5.52. The summed E-state index contributed by atoms with van der Waals surface area (Å²) in [5.74, 6) is -0.305. The van der Waals surface area contributed by atoms with E-state index in [-0.39, 0.29) is 17.2 Å². The molecule has 4 nitrogen and oxygen atoms in total. The molecule has 1 N–H and O–H groups in total. The Morgan fingerprint density at radius 2 is 1.52 bits per heavy atom. The highest BCUT2D eigenvalue weighted by Crippen LogP contribution is 2.11. The van der Waals surface area contributed by atoms with Crippen molar-refractivity contribution in [1.82, 2.24) is 9.88 Å². The van der Waals surface area contributed by atoms with Crippen molar-refractivity contribution in [2.45, 2.75) is 6.54 Å². The number of hydrogen-bond acceptors (Lipinski definition) is 2. The van der Waals surface area contributed by atoms with Gasteiger partial charge >= 0.3 is 0 Å². The third kappa shape index (κ3) is 4.32. The number of rotatable bonds is 5. The first-order valence-electron chi connectivity index (χ1n) is 8.01. The summed E-state index contributed by atoms with van der Waals surface area (Å²) >= 11 is 0. The van der Waals surface area contributed by atoms with Crippen LogP contribution in [-0.4, -0.2) is 10.5 Å². The van der Waals surface area contributed by atoms with Gasteiger partial charge in [-0.15, -0.1) is 0 Å². The summed E-state index contributed by atoms with van der Waals surface area (Å²) < 4.78 is 1.35. The summed E-state index contributed by atoms with van der Waals surface area (Å²) in [6, 6.07) is 23.9. The first-order valence-corrected chi connectivity index (χ1v) is 8.01. The van der Waals surface area contributed by atoms with E-state index in [9.17, 15) is 9.59 Å². The smallest absolute Gasteiger partial charge is 0.268 e. The molecule has 0 unspecified atom stereocenters. The van der Waals surface area contributed by atoms with Gasteiger partial charge in [0.1, 0.15) is 5.70 Å². The van der Waals surface area contributed by atoms with Gasteiger partial charge in [-0.3, -0.25) is 14.2 Å². The van der Waals surface area contributed by atoms with Crippen molar-refractivity contribution in [1.29, 1.82) is 0 Å². The van der Waals surface area contributed by atoms with Gasteiger partial charge in [-0.05, 0) is 23.3 Å². The molecule has 1 amide bonds. The molecule has 0 saturated carbocycles. The summed E-state index contributed by atoms with van der Waals surface area (Å²) in [6.45, 7) is 0.396. The molecule has 3 aromatic rings. The van der Waals surface area contributed by atoms with E-state index in [0.29, 0.717) is 6.54 Å². The molecular formula is C21H18N2O2. The Morgan fingerprint density at radius 3 is 2.20 bits per heavy atom. The second kappa shape index (κ2) is 7.93. The fourth-order valence-electron chi connectivity index (χ4n) is 2.45. The molecule has 0 radical (unpaired) electrons. The van der Waals surface area contributed by atoms with Crippen LogP contribution < -0.4 is 10.9 Å². The molecule has 1 heterocycles. The van der Waals surface area contributed by atoms with Crippen molar-refractivity contribution >= 4 is 17.7 Å². The van der Waals surface area contributed by atoms with Gasteiger partial charge in [-0.25, -0.2) is 0 Å². The average molecular weight is 330 g/mol. The van der Waals surface area contributed by atoms with Crippen LogP contribution in [0.5, 0.6) is 0 Å². The van der Waals surface area contributed by atoms with Crippen LogP contribution in [0.25, 0.3) is 11.8 Å². The predicted molar refractivity (Wildman–Crippen MR) is 99.6 cm³/mol. The molecule has 0 aliphatic carbocycles. The van der Waals surface area contributed by atoms with Crippen LogP contribution in [0.4, 0.5) is 0 Å². The van der Waals surface area contributed by atoms with E-state index in [4.69, 9.17) is 0 Å². The van der Waals surface area contributed by atoms with Gasteiger partial charge in [0, 0.05) is 18.8 Å². The lowest BCUT2D eigenvalue weighted by atomic mass is 10.1. The molecule has 0 saturated heterocycles. The summed E-state index contributed by atoms with van der Waals surface area (Å²) in [7, 11) is 0. The Morgan fingerprint density at radius 1 is 0.880 bits per heavy atom. The number of pyridine rings is 1. The van der Waals surface area contributed by atoms with Gasteiger partial charge in [-0.1, -0.05) is 66.7 Å². The van der Waals surface area contributed by atoms with Crippen molar-refractivity contribution in [3.8, 4) is 0 Å². The summed E-state index contributed by atoms with van der Waals surface area (Å²) in [4.78, 5) is 24.9. The summed E-state index contributed by atoms with van der Waals surface area (Å²) in [6.07, 6.45) is 3.31. The SMILES string of the molecule is O=C(NCc1ccccc1)/C(=C\c1ccccc1)n1ccccc1=O. The second-order valence-corrected chi connectivity index (χ2v) is 5.52. The standard InChI is InChI=1S/C21H18N2O2/c24-20-13-7-8-14-23(20)19(15-17-9-3-1-4-10-17)21(25)22-16-18-11-5-2-6-12-18/h1-15H,16H2,(H,22,25)/b19-15+. The van der Waals surface area contributed by atoms with Crippen LogP contribution in [0, 0.1) is 0 Å². The van der Waals surface area contributed by atoms with Crippen LogP contribution in [0.3, 0.4) is 0 Å². The number of aromatic nitrogens is 1. The Hall–Kier alpha value is -3.40. The summed E-state index contributed by atoms with van der Waals surface area (Å²) in [5.41, 5.74) is 1.88. The van der Waals surface area contributed by atoms with Gasteiger partial charge < -0.3 is 5.32 Å². The molecule has 0 aliphatic rings. The largest absolute Gasteiger partial charge is 0.347 e. The third-order valence-electron chi connectivity index (χ3n) is 3.71. The van der Waals surface area contributed by atoms with Gasteiger partial charge in [0.15, 0.2) is 0 Å². The number of benzene rings is 2. The molecule has 0 atom stereocenters. The number of nitrogens with zero attached hydrogens (tertiary/aromatic N) is 1. The van der Waals surface area contributed by atoms with Crippen LogP contribution in [-0.2, 0) is 11.3 Å². The molecule has 0 aliphatic heterocycles. The monoisotopic (exact) mass is 330 g/mol. The number of carbonyl (C=O) groups excluding carboxylic acids is 1. The first kappa shape index (κ1) is 16.5. The Bertz CT molecular complexity index is 929. The number of amides is 1. The normalized spacial score (nSPS) is 11.1. The molecule has 0 fully saturated rings. The minimum absolute atomic E-state index is 0.250. The summed E-state index contributed by atoms with van der Waals surface area (Å²) in [5, 5.41) is 2.88. The molecule has 124 valence electrons. The van der Waals surface area contributed by atoms with E-state index in [1.807, 2.05) is 60.7 Å². The van der Waals surface area contributed by atoms with E-state index in [2.05, 4.69) is 5.32 Å². The van der Waals surface area contributed by atoms with Crippen molar-refractivity contribution in [2.24, 2.45) is 0 Å². The number of hydrogen-bond donors (Lipinski definition) is 1. The highest BCUT2D eigenvalue weighted by atomic mass is 16.2. The fourth-order valence-corrected chi connectivity index (χ4v) is 2.45. The zero-order valence-electron chi connectivity index (χ0n) is 13.6. The average Bonchev–Trinajstić information content (AvgIpc) is 2.66. The molecule has 0 spiro atoms. The van der Waals surface area contributed by atoms with E-state index in [1.165, 1.54) is 10.6 Å². The Kier molecular flexibility index (Phi) is 5.22. The minimum atomic E-state index is -0.305. The molecule has 4 heteroatoms. The van der Waals surface area contributed by atoms with Crippen molar-refractivity contribution in [3.63, 3.8) is 0 Å². The molecule has 2 aromatic carbocycles. The van der Waals surface area contributed by atoms with Gasteiger partial charge in [-0.2, -0.15) is 0 Å². The topological polar surface area (TPSA) is 51.1 Å². The lowest BCUT2D eigenvalue weighted by Gasteiger charge is -2.11. The highest BCUT2D eigenvalue weighted by Gasteiger charge is 2.12. The van der Waals surface area contributed by atoms with Gasteiger partial charge in [0.05, 0.1) is 0 Å². The maximum absolute atomic E-state index is 12.7. The minimum Gasteiger partial charge on any atom is -0.347 e. The van der Waals surface area contributed by atoms with Crippen LogP contribution in [0.15, 0.2) is 89.9 Å². The third-order valence-corrected chi connectivity index (χ3v) is 3.71. The number of nitrogens with one attached hydrogen (secondary N) is 1. The maximum atomic E-state index is 12.7. The van der Waals surface area contributed by atoms with Gasteiger partial charge in [0.25, 0.3) is 11.5 Å². The quantitative estimate of drug-likeness (QED) is 0.731. The van der Waals surface area contributed by atoms with Gasteiger partial charge in [0.2, 0.25) is 0 Å². The lowest BCUT2D eigenvalue weighted by Crippen LogP contribution is -2.30. The molecule has 0 bridgehead atoms.